The molecule has 0 radical (unpaired) electrons. The van der Waals surface area contributed by atoms with Crippen LogP contribution in [0.1, 0.15) is 13.3 Å². The van der Waals surface area contributed by atoms with Crippen LogP contribution in [0.2, 0.25) is 0 Å². The predicted molar refractivity (Wildman–Crippen MR) is 126 cm³/mol. The zero-order valence-electron chi connectivity index (χ0n) is 19.2. The number of nitrogens with zero attached hydrogens (tertiary/aromatic N) is 8. The summed E-state index contributed by atoms with van der Waals surface area (Å²) in [7, 11) is 0. The lowest BCUT2D eigenvalue weighted by atomic mass is 9.92. The Labute approximate surface area is 207 Å². The van der Waals surface area contributed by atoms with E-state index in [4.69, 9.17) is 16.0 Å². The molecule has 0 bridgehead atoms. The normalized spacial score (nSPS) is 23.9. The zero-order valence-corrected chi connectivity index (χ0v) is 19.2. The Bertz CT molecular complexity index is 1410. The Kier molecular flexibility index (Phi) is 6.88. The van der Waals surface area contributed by atoms with Crippen molar-refractivity contribution in [2.24, 2.45) is 5.11 Å². The Hall–Kier alpha value is -4.41. The number of nitro groups is 1. The standard InChI is InChI=1S/C20H22N10O7/c1-2-9(26-10-4-3-5-11(27-28-22)14(10)30(35)36)16(33)20(17(34)15(32)12(6-31)37-20)29-8-25-13-18(21)23-7-24-19(13)29/h3-5,7-9,12,15,17,26,31-32,34H,2,6H2,1H3,(H2,21,23,24)/t9?,12-,15-,17-,20-/m1/s1. The maximum Gasteiger partial charge on any atom is 0.301 e. The minimum absolute atomic E-state index is 0.00289. The molecule has 0 aliphatic carbocycles. The van der Waals surface area contributed by atoms with E-state index in [0.29, 0.717) is 0 Å². The number of rotatable bonds is 9. The van der Waals surface area contributed by atoms with E-state index >= 15 is 0 Å². The Balaban J connectivity index is 1.86. The minimum atomic E-state index is -2.37. The summed E-state index contributed by atoms with van der Waals surface area (Å²) in [5.74, 6) is -0.883. The molecule has 4 rings (SSSR count). The summed E-state index contributed by atoms with van der Waals surface area (Å²) in [5.41, 5.74) is 11.4. The number of aliphatic hydroxyl groups is 3. The highest BCUT2D eigenvalue weighted by Crippen LogP contribution is 2.41. The molecule has 17 nitrogen and oxygen atoms in total. The molecule has 6 N–H and O–H groups in total. The van der Waals surface area contributed by atoms with Crippen LogP contribution < -0.4 is 11.1 Å². The number of anilines is 2. The van der Waals surface area contributed by atoms with Crippen LogP contribution in [-0.4, -0.2) is 76.5 Å². The molecule has 0 amide bonds. The largest absolute Gasteiger partial charge is 0.394 e. The van der Waals surface area contributed by atoms with Crippen LogP contribution in [0.4, 0.5) is 22.9 Å². The van der Waals surface area contributed by atoms with Crippen molar-refractivity contribution in [3.8, 4) is 0 Å². The van der Waals surface area contributed by atoms with Gasteiger partial charge in [0, 0.05) is 4.91 Å². The molecule has 1 fully saturated rings. The van der Waals surface area contributed by atoms with Crippen LogP contribution in [0.3, 0.4) is 0 Å². The molecule has 3 heterocycles. The molecule has 1 aromatic carbocycles. The van der Waals surface area contributed by atoms with Crippen molar-refractivity contribution >= 4 is 39.8 Å². The van der Waals surface area contributed by atoms with Gasteiger partial charge in [-0.1, -0.05) is 18.1 Å². The number of azide groups is 1. The van der Waals surface area contributed by atoms with Gasteiger partial charge in [0.05, 0.1) is 17.6 Å². The summed E-state index contributed by atoms with van der Waals surface area (Å²) in [5, 5.41) is 49.3. The number of benzene rings is 1. The summed E-state index contributed by atoms with van der Waals surface area (Å²) in [6.07, 6.45) is -2.70. The van der Waals surface area contributed by atoms with Gasteiger partial charge in [-0.2, -0.15) is 0 Å². The SMILES string of the molecule is CCC(Nc1cccc(N=[N+]=[N-])c1[N+](=O)[O-])C(=O)[C@@]1(n2cnc3c(N)ncnc32)O[C@H](CO)[C@@H](O)[C@H]1O. The second kappa shape index (κ2) is 9.92. The van der Waals surface area contributed by atoms with E-state index < -0.39 is 53.1 Å². The monoisotopic (exact) mass is 514 g/mol. The number of ketones is 1. The van der Waals surface area contributed by atoms with E-state index in [-0.39, 0.29) is 34.8 Å². The van der Waals surface area contributed by atoms with Gasteiger partial charge in [-0.05, 0) is 24.1 Å². The van der Waals surface area contributed by atoms with Crippen molar-refractivity contribution in [3.05, 3.63) is 51.4 Å². The summed E-state index contributed by atoms with van der Waals surface area (Å²) in [4.78, 5) is 39.7. The van der Waals surface area contributed by atoms with Crippen LogP contribution in [0, 0.1) is 10.1 Å². The van der Waals surface area contributed by atoms with Crippen molar-refractivity contribution in [1.82, 2.24) is 19.5 Å². The average molecular weight is 514 g/mol. The van der Waals surface area contributed by atoms with Gasteiger partial charge >= 0.3 is 5.69 Å². The highest BCUT2D eigenvalue weighted by Gasteiger charge is 2.62. The Morgan fingerprint density at radius 3 is 2.81 bits per heavy atom. The highest BCUT2D eigenvalue weighted by atomic mass is 16.6. The minimum Gasteiger partial charge on any atom is -0.394 e. The zero-order chi connectivity index (χ0) is 26.9. The summed E-state index contributed by atoms with van der Waals surface area (Å²) >= 11 is 0. The van der Waals surface area contributed by atoms with E-state index in [1.807, 2.05) is 0 Å². The molecule has 1 unspecified atom stereocenters. The Morgan fingerprint density at radius 2 is 2.19 bits per heavy atom. The van der Waals surface area contributed by atoms with Gasteiger partial charge in [-0.3, -0.25) is 19.5 Å². The number of aliphatic hydroxyl groups excluding tert-OH is 3. The summed E-state index contributed by atoms with van der Waals surface area (Å²) in [6, 6.07) is 2.69. The molecule has 1 saturated heterocycles. The second-order valence-corrected chi connectivity index (χ2v) is 8.11. The number of carbonyl (C=O) groups excluding carboxylic acids is 1. The molecule has 37 heavy (non-hydrogen) atoms. The molecule has 3 aromatic rings. The van der Waals surface area contributed by atoms with Gasteiger partial charge in [-0.15, -0.1) is 0 Å². The number of nitro benzene ring substituents is 1. The third-order valence-corrected chi connectivity index (χ3v) is 6.09. The fraction of sp³-hybridized carbons (Fsp3) is 0.400. The van der Waals surface area contributed by atoms with Gasteiger partial charge in [-0.25, -0.2) is 15.0 Å². The van der Waals surface area contributed by atoms with Gasteiger partial charge in [0.1, 0.15) is 47.9 Å². The van der Waals surface area contributed by atoms with Crippen LogP contribution >= 0.6 is 0 Å². The molecule has 1 aliphatic rings. The number of fused-ring (bicyclic) bond motifs is 1. The fourth-order valence-corrected chi connectivity index (χ4v) is 4.33. The maximum absolute atomic E-state index is 14.1. The van der Waals surface area contributed by atoms with E-state index in [2.05, 4.69) is 30.3 Å². The first-order valence-electron chi connectivity index (χ1n) is 10.9. The smallest absolute Gasteiger partial charge is 0.301 e. The number of carbonyl (C=O) groups is 1. The molecule has 17 heteroatoms. The van der Waals surface area contributed by atoms with Gasteiger partial charge in [0.2, 0.25) is 11.5 Å². The number of para-hydroxylation sites is 1. The Morgan fingerprint density at radius 1 is 1.43 bits per heavy atom. The van der Waals surface area contributed by atoms with E-state index in [9.17, 15) is 30.2 Å². The number of hydrogen-bond acceptors (Lipinski definition) is 13. The highest BCUT2D eigenvalue weighted by molar-refractivity contribution is 5.95. The molecule has 5 atom stereocenters. The third-order valence-electron chi connectivity index (χ3n) is 6.09. The number of hydrogen-bond donors (Lipinski definition) is 5. The van der Waals surface area contributed by atoms with E-state index in [1.54, 1.807) is 6.92 Å². The first-order chi connectivity index (χ1) is 17.7. The van der Waals surface area contributed by atoms with Crippen LogP contribution in [0.25, 0.3) is 21.6 Å². The number of nitrogens with two attached hydrogens (primary N) is 1. The average Bonchev–Trinajstić information content (AvgIpc) is 3.43. The number of ether oxygens (including phenoxy) is 1. The molecule has 1 aliphatic heterocycles. The van der Waals surface area contributed by atoms with Crippen molar-refractivity contribution in [2.75, 3.05) is 17.7 Å². The van der Waals surface area contributed by atoms with Crippen molar-refractivity contribution in [3.63, 3.8) is 0 Å². The molecule has 2 aromatic heterocycles. The van der Waals surface area contributed by atoms with Crippen molar-refractivity contribution in [2.45, 2.75) is 43.4 Å². The first kappa shape index (κ1) is 25.7. The topological polar surface area (TPSA) is 261 Å². The lowest BCUT2D eigenvalue weighted by Gasteiger charge is -2.35. The molecular formula is C20H22N10O7. The lowest BCUT2D eigenvalue weighted by molar-refractivity contribution is -0.383. The fourth-order valence-electron chi connectivity index (χ4n) is 4.33. The molecule has 0 saturated carbocycles. The maximum atomic E-state index is 14.1. The first-order valence-corrected chi connectivity index (χ1v) is 10.9. The number of Topliss-reactive ketones (excluding diaryl/α,β-unsaturated/α-hetero) is 1. The van der Waals surface area contributed by atoms with E-state index in [0.717, 1.165) is 17.2 Å². The number of nitrogens with one attached hydrogen (secondary N) is 1. The van der Waals surface area contributed by atoms with Gasteiger partial charge in [0.15, 0.2) is 11.5 Å². The van der Waals surface area contributed by atoms with Gasteiger partial charge < -0.3 is 31.1 Å². The van der Waals surface area contributed by atoms with Crippen LogP contribution in [0.5, 0.6) is 0 Å². The third kappa shape index (κ3) is 4.05. The molecule has 0 spiro atoms. The van der Waals surface area contributed by atoms with Crippen LogP contribution in [0.15, 0.2) is 36.0 Å². The predicted octanol–water partition coefficient (Wildman–Crippen LogP) is 0.484. The summed E-state index contributed by atoms with van der Waals surface area (Å²) < 4.78 is 6.90. The van der Waals surface area contributed by atoms with Crippen molar-refractivity contribution in [1.29, 1.82) is 0 Å². The molecule has 194 valence electrons. The number of imidazole rings is 1. The van der Waals surface area contributed by atoms with Crippen molar-refractivity contribution < 1.29 is 29.8 Å². The lowest BCUT2D eigenvalue weighted by Crippen LogP contribution is -2.56. The number of aromatic nitrogens is 4. The number of nitrogen functional groups attached to an aromatic ring is 1. The van der Waals surface area contributed by atoms with E-state index in [1.165, 1.54) is 18.2 Å². The van der Waals surface area contributed by atoms with Gasteiger partial charge in [0.25, 0.3) is 0 Å². The second-order valence-electron chi connectivity index (χ2n) is 8.11. The quantitative estimate of drug-likeness (QED) is 0.0858. The molecular weight excluding hydrogens is 492 g/mol. The van der Waals surface area contributed by atoms with Crippen LogP contribution in [-0.2, 0) is 15.3 Å². The summed E-state index contributed by atoms with van der Waals surface area (Å²) in [6.45, 7) is 0.862.